The van der Waals surface area contributed by atoms with Crippen LogP contribution in [0, 0.1) is 28.6 Å². The molecule has 2 aromatic rings. The van der Waals surface area contributed by atoms with Crippen LogP contribution in [0.25, 0.3) is 10.8 Å². The molecule has 0 N–H and O–H groups in total. The van der Waals surface area contributed by atoms with Crippen LogP contribution in [0.3, 0.4) is 0 Å². The largest absolute Gasteiger partial charge is 0.442 e. The normalized spacial score (nSPS) is 21.9. The van der Waals surface area contributed by atoms with E-state index in [-0.39, 0.29) is 23.2 Å². The van der Waals surface area contributed by atoms with Gasteiger partial charge in [0.2, 0.25) is 6.10 Å². The van der Waals surface area contributed by atoms with E-state index in [4.69, 9.17) is 4.74 Å². The third-order valence-corrected chi connectivity index (χ3v) is 5.11. The fourth-order valence-electron chi connectivity index (χ4n) is 3.53. The molecule has 0 bridgehead atoms. The van der Waals surface area contributed by atoms with Crippen LogP contribution in [0.4, 0.5) is 0 Å². The summed E-state index contributed by atoms with van der Waals surface area (Å²) in [5, 5.41) is 11.6. The average molecular weight is 333 g/mol. The molecule has 3 unspecified atom stereocenters. The zero-order valence-corrected chi connectivity index (χ0v) is 15.1. The van der Waals surface area contributed by atoms with E-state index < -0.39 is 6.10 Å². The lowest BCUT2D eigenvalue weighted by Crippen LogP contribution is -2.14. The molecule has 3 heteroatoms. The number of ether oxygens (including phenoxy) is 1. The summed E-state index contributed by atoms with van der Waals surface area (Å²) in [6.45, 7) is 8.20. The van der Waals surface area contributed by atoms with Gasteiger partial charge in [-0.25, -0.2) is 0 Å². The zero-order chi connectivity index (χ0) is 18.2. The number of fused-ring (bicyclic) bond motifs is 1. The Morgan fingerprint density at radius 2 is 1.88 bits per heavy atom. The van der Waals surface area contributed by atoms with Gasteiger partial charge in [-0.3, -0.25) is 4.79 Å². The van der Waals surface area contributed by atoms with E-state index in [2.05, 4.69) is 26.0 Å². The summed E-state index contributed by atoms with van der Waals surface area (Å²) in [6, 6.07) is 15.8. The second-order valence-electron chi connectivity index (χ2n) is 7.62. The van der Waals surface area contributed by atoms with Crippen LogP contribution >= 0.6 is 0 Å². The molecule has 0 aliphatic heterocycles. The Morgan fingerprint density at radius 1 is 1.20 bits per heavy atom. The van der Waals surface area contributed by atoms with Crippen molar-refractivity contribution in [3.05, 3.63) is 59.7 Å². The van der Waals surface area contributed by atoms with Gasteiger partial charge >= 0.3 is 5.97 Å². The van der Waals surface area contributed by atoms with Gasteiger partial charge in [0.05, 0.1) is 5.92 Å². The average Bonchev–Trinajstić information content (AvgIpc) is 3.11. The lowest BCUT2D eigenvalue weighted by Gasteiger charge is -2.13. The molecule has 0 aromatic heterocycles. The number of hydrogen-bond donors (Lipinski definition) is 0. The van der Waals surface area contributed by atoms with Crippen molar-refractivity contribution >= 4 is 16.7 Å². The fourth-order valence-corrected chi connectivity index (χ4v) is 3.53. The van der Waals surface area contributed by atoms with Crippen LogP contribution < -0.4 is 0 Å². The summed E-state index contributed by atoms with van der Waals surface area (Å²) in [5.74, 6) is -0.285. The van der Waals surface area contributed by atoms with Crippen molar-refractivity contribution in [2.24, 2.45) is 17.3 Å². The van der Waals surface area contributed by atoms with Crippen LogP contribution in [-0.4, -0.2) is 5.97 Å². The Kier molecular flexibility index (Phi) is 4.39. The number of benzene rings is 2. The summed E-state index contributed by atoms with van der Waals surface area (Å²) in [7, 11) is 0. The maximum absolute atomic E-state index is 12.6. The molecule has 3 nitrogen and oxygen atoms in total. The SMILES string of the molecule is CC(C)=CC1C(C(=O)OC(C#N)c2ccc3ccccc3c2)C1(C)C. The molecular formula is C22H23NO2. The number of esters is 1. The van der Waals surface area contributed by atoms with Crippen LogP contribution in [0.2, 0.25) is 0 Å². The Morgan fingerprint density at radius 3 is 2.52 bits per heavy atom. The molecule has 2 aromatic carbocycles. The first-order chi connectivity index (χ1) is 11.8. The summed E-state index contributed by atoms with van der Waals surface area (Å²) < 4.78 is 5.58. The van der Waals surface area contributed by atoms with Gasteiger partial charge in [-0.15, -0.1) is 0 Å². The second-order valence-corrected chi connectivity index (χ2v) is 7.62. The van der Waals surface area contributed by atoms with Gasteiger partial charge < -0.3 is 4.74 Å². The lowest BCUT2D eigenvalue weighted by atomic mass is 10.0. The van der Waals surface area contributed by atoms with Gasteiger partial charge in [0.25, 0.3) is 0 Å². The van der Waals surface area contributed by atoms with Crippen LogP contribution in [0.15, 0.2) is 54.1 Å². The van der Waals surface area contributed by atoms with Crippen molar-refractivity contribution in [2.75, 3.05) is 0 Å². The summed E-state index contributed by atoms with van der Waals surface area (Å²) in [6.07, 6.45) is 1.25. The summed E-state index contributed by atoms with van der Waals surface area (Å²) in [5.41, 5.74) is 1.80. The van der Waals surface area contributed by atoms with E-state index >= 15 is 0 Å². The molecule has 1 aliphatic carbocycles. The highest BCUT2D eigenvalue weighted by atomic mass is 16.5. The molecule has 25 heavy (non-hydrogen) atoms. The predicted octanol–water partition coefficient (Wildman–Crippen LogP) is 5.19. The number of nitriles is 1. The number of nitrogens with zero attached hydrogens (tertiary/aromatic N) is 1. The van der Waals surface area contributed by atoms with Crippen molar-refractivity contribution in [3.8, 4) is 6.07 Å². The number of rotatable bonds is 4. The van der Waals surface area contributed by atoms with E-state index in [1.807, 2.05) is 56.3 Å². The van der Waals surface area contributed by atoms with Crippen molar-refractivity contribution in [3.63, 3.8) is 0 Å². The van der Waals surface area contributed by atoms with Gasteiger partial charge in [0.15, 0.2) is 0 Å². The minimum Gasteiger partial charge on any atom is -0.442 e. The molecular weight excluding hydrogens is 310 g/mol. The monoisotopic (exact) mass is 333 g/mol. The third kappa shape index (κ3) is 3.30. The van der Waals surface area contributed by atoms with Gasteiger partial charge in [-0.1, -0.05) is 61.9 Å². The summed E-state index contributed by atoms with van der Waals surface area (Å²) in [4.78, 5) is 12.6. The molecule has 0 heterocycles. The maximum Gasteiger partial charge on any atom is 0.311 e. The van der Waals surface area contributed by atoms with Crippen molar-refractivity contribution < 1.29 is 9.53 Å². The first-order valence-electron chi connectivity index (χ1n) is 8.58. The molecule has 0 spiro atoms. The van der Waals surface area contributed by atoms with Gasteiger partial charge in [-0.05, 0) is 42.0 Å². The number of allylic oxidation sites excluding steroid dienone is 2. The molecule has 1 fully saturated rings. The molecule has 3 atom stereocenters. The fraction of sp³-hybridized carbons (Fsp3) is 0.364. The summed E-state index contributed by atoms with van der Waals surface area (Å²) >= 11 is 0. The second kappa shape index (κ2) is 6.37. The molecule has 128 valence electrons. The van der Waals surface area contributed by atoms with Crippen molar-refractivity contribution in [1.29, 1.82) is 5.26 Å². The molecule has 1 saturated carbocycles. The van der Waals surface area contributed by atoms with Crippen LogP contribution in [-0.2, 0) is 9.53 Å². The Bertz CT molecular complexity index is 884. The molecule has 0 amide bonds. The third-order valence-electron chi connectivity index (χ3n) is 5.11. The molecule has 0 radical (unpaired) electrons. The predicted molar refractivity (Wildman–Crippen MR) is 98.6 cm³/mol. The first kappa shape index (κ1) is 17.2. The highest BCUT2D eigenvalue weighted by Crippen LogP contribution is 2.60. The Balaban J connectivity index is 1.79. The first-order valence-corrected chi connectivity index (χ1v) is 8.58. The number of hydrogen-bond acceptors (Lipinski definition) is 3. The Labute approximate surface area is 148 Å². The maximum atomic E-state index is 12.6. The standard InChI is InChI=1S/C22H23NO2/c1-14(2)11-18-20(22(18,3)4)21(24)25-19(13-23)17-10-9-15-7-5-6-8-16(15)12-17/h5-12,18-20H,1-4H3. The van der Waals surface area contributed by atoms with E-state index in [0.717, 1.165) is 10.8 Å². The zero-order valence-electron chi connectivity index (χ0n) is 15.1. The highest BCUT2D eigenvalue weighted by Gasteiger charge is 2.61. The molecule has 3 rings (SSSR count). The van der Waals surface area contributed by atoms with Crippen LogP contribution in [0.1, 0.15) is 39.4 Å². The number of carbonyl (C=O) groups excluding carboxylic acids is 1. The van der Waals surface area contributed by atoms with Gasteiger partial charge in [-0.2, -0.15) is 5.26 Å². The van der Waals surface area contributed by atoms with E-state index in [9.17, 15) is 10.1 Å². The highest BCUT2D eigenvalue weighted by molar-refractivity contribution is 5.83. The van der Waals surface area contributed by atoms with Crippen molar-refractivity contribution in [1.82, 2.24) is 0 Å². The van der Waals surface area contributed by atoms with Crippen LogP contribution in [0.5, 0.6) is 0 Å². The molecule has 0 saturated heterocycles. The van der Waals surface area contributed by atoms with Gasteiger partial charge in [0, 0.05) is 5.56 Å². The van der Waals surface area contributed by atoms with E-state index in [1.54, 1.807) is 0 Å². The Hall–Kier alpha value is -2.60. The lowest BCUT2D eigenvalue weighted by molar-refractivity contribution is -0.149. The topological polar surface area (TPSA) is 50.1 Å². The molecule has 1 aliphatic rings. The minimum absolute atomic E-state index is 0.113. The smallest absolute Gasteiger partial charge is 0.311 e. The minimum atomic E-state index is -0.874. The number of carbonyl (C=O) groups is 1. The quantitative estimate of drug-likeness (QED) is 0.572. The van der Waals surface area contributed by atoms with Gasteiger partial charge in [0.1, 0.15) is 6.07 Å². The van der Waals surface area contributed by atoms with E-state index in [1.165, 1.54) is 5.57 Å². The van der Waals surface area contributed by atoms with Crippen molar-refractivity contribution in [2.45, 2.75) is 33.8 Å². The van der Waals surface area contributed by atoms with E-state index in [0.29, 0.717) is 5.56 Å².